The Hall–Kier alpha value is -3.20. The summed E-state index contributed by atoms with van der Waals surface area (Å²) in [6, 6.07) is 26.7. The fourth-order valence-corrected chi connectivity index (χ4v) is 3.17. The van der Waals surface area contributed by atoms with Gasteiger partial charge in [-0.1, -0.05) is 42.5 Å². The summed E-state index contributed by atoms with van der Waals surface area (Å²) in [4.78, 5) is 0. The van der Waals surface area contributed by atoms with Crippen molar-refractivity contribution >= 4 is 22.4 Å². The Morgan fingerprint density at radius 3 is 2.39 bits per heavy atom. The van der Waals surface area contributed by atoms with E-state index in [1.54, 1.807) is 0 Å². The smallest absolute Gasteiger partial charge is 0.178 e. The van der Waals surface area contributed by atoms with Crippen molar-refractivity contribution in [1.29, 1.82) is 0 Å². The molecule has 1 aromatic heterocycles. The minimum Gasteiger partial charge on any atom is -0.451 e. The summed E-state index contributed by atoms with van der Waals surface area (Å²) in [5, 5.41) is 4.64. The Bertz CT molecular complexity index is 1020. The number of nitrogens with zero attached hydrogens (tertiary/aromatic N) is 1. The molecule has 3 heteroatoms. The second kappa shape index (κ2) is 4.65. The van der Waals surface area contributed by atoms with Gasteiger partial charge in [-0.25, -0.2) is 0 Å². The molecule has 23 heavy (non-hydrogen) atoms. The fraction of sp³-hybridized carbons (Fsp3) is 0. The van der Waals surface area contributed by atoms with Gasteiger partial charge in [-0.2, -0.15) is 0 Å². The van der Waals surface area contributed by atoms with E-state index in [4.69, 9.17) is 4.74 Å². The molecule has 0 saturated carbocycles. The maximum absolute atomic E-state index is 6.21. The molecule has 0 aliphatic carbocycles. The molecule has 0 atom stereocenters. The molecule has 0 unspecified atom stereocenters. The van der Waals surface area contributed by atoms with E-state index in [0.29, 0.717) is 0 Å². The van der Waals surface area contributed by atoms with E-state index in [0.717, 1.165) is 39.6 Å². The summed E-state index contributed by atoms with van der Waals surface area (Å²) in [6.07, 6.45) is 0. The van der Waals surface area contributed by atoms with Crippen LogP contribution in [-0.4, -0.2) is 4.57 Å². The lowest BCUT2D eigenvalue weighted by Crippen LogP contribution is -2.06. The van der Waals surface area contributed by atoms with E-state index in [1.165, 1.54) is 0 Å². The number of rotatable bonds is 1. The molecule has 0 bridgehead atoms. The molecule has 4 aromatic rings. The van der Waals surface area contributed by atoms with Crippen LogP contribution in [0.15, 0.2) is 78.9 Å². The van der Waals surface area contributed by atoms with Crippen LogP contribution in [0.25, 0.3) is 16.6 Å². The van der Waals surface area contributed by atoms with Gasteiger partial charge < -0.3 is 10.1 Å². The first-order valence-corrected chi connectivity index (χ1v) is 7.64. The van der Waals surface area contributed by atoms with Crippen molar-refractivity contribution in [2.75, 3.05) is 5.32 Å². The van der Waals surface area contributed by atoms with Crippen molar-refractivity contribution in [3.8, 4) is 17.2 Å². The van der Waals surface area contributed by atoms with Gasteiger partial charge in [0.25, 0.3) is 0 Å². The first-order chi connectivity index (χ1) is 11.4. The van der Waals surface area contributed by atoms with Gasteiger partial charge in [-0.15, -0.1) is 0 Å². The van der Waals surface area contributed by atoms with Gasteiger partial charge in [0.2, 0.25) is 0 Å². The van der Waals surface area contributed by atoms with Gasteiger partial charge in [0.05, 0.1) is 11.2 Å². The Labute approximate surface area is 133 Å². The Balaban J connectivity index is 1.84. The number of ether oxygens (including phenoxy) is 1. The zero-order valence-electron chi connectivity index (χ0n) is 12.4. The summed E-state index contributed by atoms with van der Waals surface area (Å²) in [7, 11) is 0. The van der Waals surface area contributed by atoms with Crippen LogP contribution in [0.1, 0.15) is 0 Å². The standard InChI is InChI=1S/C20H14N2O/c1-2-8-14(9-3-1)22-17-12-6-4-10-15(17)19-20(22)21-16-11-5-7-13-18(16)23-19/h1-13,21H. The van der Waals surface area contributed by atoms with Crippen LogP contribution in [0.2, 0.25) is 0 Å². The molecule has 1 aliphatic rings. The van der Waals surface area contributed by atoms with Crippen molar-refractivity contribution in [2.45, 2.75) is 0 Å². The van der Waals surface area contributed by atoms with Gasteiger partial charge in [-0.05, 0) is 36.4 Å². The monoisotopic (exact) mass is 298 g/mol. The van der Waals surface area contributed by atoms with Gasteiger partial charge in [-0.3, -0.25) is 4.57 Å². The number of hydrogen-bond acceptors (Lipinski definition) is 2. The highest BCUT2D eigenvalue weighted by atomic mass is 16.5. The second-order valence-electron chi connectivity index (χ2n) is 5.59. The Morgan fingerprint density at radius 1 is 0.739 bits per heavy atom. The molecule has 0 fully saturated rings. The first-order valence-electron chi connectivity index (χ1n) is 7.64. The van der Waals surface area contributed by atoms with Crippen LogP contribution in [0.5, 0.6) is 11.5 Å². The molecule has 1 N–H and O–H groups in total. The molecule has 2 heterocycles. The number of anilines is 2. The Morgan fingerprint density at radius 2 is 1.48 bits per heavy atom. The van der Waals surface area contributed by atoms with Crippen LogP contribution in [0.4, 0.5) is 11.5 Å². The second-order valence-corrected chi connectivity index (χ2v) is 5.59. The highest BCUT2D eigenvalue weighted by Crippen LogP contribution is 2.48. The minimum atomic E-state index is 0.857. The summed E-state index contributed by atoms with van der Waals surface area (Å²) < 4.78 is 8.42. The number of nitrogens with one attached hydrogen (secondary N) is 1. The summed E-state index contributed by atoms with van der Waals surface area (Å²) >= 11 is 0. The van der Waals surface area contributed by atoms with Crippen molar-refractivity contribution in [2.24, 2.45) is 0 Å². The zero-order valence-corrected chi connectivity index (χ0v) is 12.4. The molecule has 110 valence electrons. The van der Waals surface area contributed by atoms with Gasteiger partial charge >= 0.3 is 0 Å². The van der Waals surface area contributed by atoms with E-state index in [-0.39, 0.29) is 0 Å². The highest BCUT2D eigenvalue weighted by molar-refractivity contribution is 5.98. The summed E-state index contributed by atoms with van der Waals surface area (Å²) in [6.45, 7) is 0. The third-order valence-electron chi connectivity index (χ3n) is 4.19. The third kappa shape index (κ3) is 1.77. The van der Waals surface area contributed by atoms with E-state index in [2.05, 4.69) is 40.2 Å². The molecular weight excluding hydrogens is 284 g/mol. The fourth-order valence-electron chi connectivity index (χ4n) is 3.17. The van der Waals surface area contributed by atoms with Gasteiger partial charge in [0.1, 0.15) is 0 Å². The molecule has 1 aliphatic heterocycles. The van der Waals surface area contributed by atoms with Crippen LogP contribution < -0.4 is 10.1 Å². The lowest BCUT2D eigenvalue weighted by molar-refractivity contribution is 0.485. The average Bonchev–Trinajstić information content (AvgIpc) is 2.94. The molecule has 0 radical (unpaired) electrons. The molecule has 0 amide bonds. The number of aromatic nitrogens is 1. The lowest BCUT2D eigenvalue weighted by atomic mass is 10.2. The summed E-state index contributed by atoms with van der Waals surface area (Å²) in [5.74, 6) is 2.70. The minimum absolute atomic E-state index is 0.857. The van der Waals surface area contributed by atoms with Gasteiger partial charge in [0.15, 0.2) is 17.3 Å². The van der Waals surface area contributed by atoms with Crippen LogP contribution in [0, 0.1) is 0 Å². The average molecular weight is 298 g/mol. The van der Waals surface area contributed by atoms with Crippen LogP contribution >= 0.6 is 0 Å². The number of benzene rings is 3. The lowest BCUT2D eigenvalue weighted by Gasteiger charge is -2.21. The maximum atomic E-state index is 6.21. The zero-order chi connectivity index (χ0) is 15.2. The number of para-hydroxylation sites is 4. The van der Waals surface area contributed by atoms with Crippen LogP contribution in [0.3, 0.4) is 0 Å². The van der Waals surface area contributed by atoms with E-state index in [1.807, 2.05) is 48.5 Å². The molecular formula is C20H14N2O. The number of hydrogen-bond donors (Lipinski definition) is 1. The van der Waals surface area contributed by atoms with Crippen molar-refractivity contribution in [1.82, 2.24) is 4.57 Å². The van der Waals surface area contributed by atoms with Gasteiger partial charge in [0, 0.05) is 11.1 Å². The normalized spacial score (nSPS) is 12.2. The van der Waals surface area contributed by atoms with Crippen LogP contribution in [-0.2, 0) is 0 Å². The van der Waals surface area contributed by atoms with E-state index < -0.39 is 0 Å². The van der Waals surface area contributed by atoms with E-state index >= 15 is 0 Å². The van der Waals surface area contributed by atoms with Crippen molar-refractivity contribution < 1.29 is 4.74 Å². The number of fused-ring (bicyclic) bond motifs is 4. The molecule has 5 rings (SSSR count). The predicted molar refractivity (Wildman–Crippen MR) is 93.1 cm³/mol. The van der Waals surface area contributed by atoms with E-state index in [9.17, 15) is 0 Å². The summed E-state index contributed by atoms with van der Waals surface area (Å²) in [5.41, 5.74) is 3.23. The SMILES string of the molecule is c1ccc(-n2c3c(c4ccccc42)Oc2ccccc2N3)cc1. The van der Waals surface area contributed by atoms with Crippen molar-refractivity contribution in [3.05, 3.63) is 78.9 Å². The topological polar surface area (TPSA) is 26.2 Å². The highest BCUT2D eigenvalue weighted by Gasteiger charge is 2.25. The Kier molecular flexibility index (Phi) is 2.50. The molecule has 3 aromatic carbocycles. The molecule has 0 spiro atoms. The maximum Gasteiger partial charge on any atom is 0.178 e. The molecule has 3 nitrogen and oxygen atoms in total. The molecule has 0 saturated heterocycles. The predicted octanol–water partition coefficient (Wildman–Crippen LogP) is 5.48. The largest absolute Gasteiger partial charge is 0.451 e. The van der Waals surface area contributed by atoms with Crippen molar-refractivity contribution in [3.63, 3.8) is 0 Å². The quantitative estimate of drug-likeness (QED) is 0.443. The first kappa shape index (κ1) is 12.4. The third-order valence-corrected chi connectivity index (χ3v) is 4.19.